The lowest BCUT2D eigenvalue weighted by Gasteiger charge is -2.22. The van der Waals surface area contributed by atoms with E-state index in [4.69, 9.17) is 5.41 Å². The molecule has 3 nitrogen and oxygen atoms in total. The van der Waals surface area contributed by atoms with Gasteiger partial charge in [-0.05, 0) is 37.5 Å². The third-order valence-corrected chi connectivity index (χ3v) is 3.19. The van der Waals surface area contributed by atoms with Crippen LogP contribution in [0.4, 0.5) is 5.69 Å². The number of benzene rings is 1. The molecule has 1 aromatic rings. The van der Waals surface area contributed by atoms with Gasteiger partial charge in [0.2, 0.25) is 5.91 Å². The molecule has 0 heterocycles. The zero-order valence-electron chi connectivity index (χ0n) is 12.1. The van der Waals surface area contributed by atoms with Crippen molar-refractivity contribution in [2.75, 3.05) is 4.90 Å². The number of nitrogens with one attached hydrogen (secondary N) is 1. The molecule has 0 aromatic heterocycles. The maximum absolute atomic E-state index is 11.8. The van der Waals surface area contributed by atoms with E-state index in [2.05, 4.69) is 6.92 Å². The molecule has 0 aliphatic carbocycles. The van der Waals surface area contributed by atoms with Crippen LogP contribution in [0.3, 0.4) is 0 Å². The van der Waals surface area contributed by atoms with Crippen molar-refractivity contribution < 1.29 is 4.79 Å². The Balaban J connectivity index is 3.04. The SMILES string of the molecule is CCC(C)C(=N)/C=C(/C)N(C(C)=O)c1ccccc1. The first-order valence-electron chi connectivity index (χ1n) is 6.59. The number of allylic oxidation sites excluding steroid dienone is 2. The molecule has 1 atom stereocenters. The van der Waals surface area contributed by atoms with Crippen LogP contribution in [0.5, 0.6) is 0 Å². The van der Waals surface area contributed by atoms with Gasteiger partial charge in [-0.25, -0.2) is 0 Å². The number of rotatable bonds is 5. The van der Waals surface area contributed by atoms with Crippen LogP contribution in [0.2, 0.25) is 0 Å². The van der Waals surface area contributed by atoms with Crippen LogP contribution in [0.1, 0.15) is 34.1 Å². The van der Waals surface area contributed by atoms with Crippen molar-refractivity contribution in [2.24, 2.45) is 5.92 Å². The first-order valence-corrected chi connectivity index (χ1v) is 6.59. The number of carbonyl (C=O) groups is 1. The third-order valence-electron chi connectivity index (χ3n) is 3.19. The first-order chi connectivity index (χ1) is 8.97. The standard InChI is InChI=1S/C16H22N2O/c1-5-12(2)16(17)11-13(3)18(14(4)19)15-9-7-6-8-10-15/h6-12,17H,5H2,1-4H3/b13-11-,17-16?. The molecule has 0 radical (unpaired) electrons. The van der Waals surface area contributed by atoms with Crippen LogP contribution in [0, 0.1) is 11.3 Å². The van der Waals surface area contributed by atoms with Gasteiger partial charge < -0.3 is 5.41 Å². The molecule has 1 unspecified atom stereocenters. The normalized spacial score (nSPS) is 12.9. The van der Waals surface area contributed by atoms with Crippen LogP contribution in [0.15, 0.2) is 42.1 Å². The molecule has 0 bridgehead atoms. The number of anilines is 1. The van der Waals surface area contributed by atoms with Crippen molar-refractivity contribution in [1.82, 2.24) is 0 Å². The van der Waals surface area contributed by atoms with Gasteiger partial charge in [0.05, 0.1) is 0 Å². The molecule has 0 spiro atoms. The molecule has 0 aliphatic rings. The summed E-state index contributed by atoms with van der Waals surface area (Å²) in [7, 11) is 0. The molecule has 19 heavy (non-hydrogen) atoms. The minimum absolute atomic E-state index is 0.0445. The highest BCUT2D eigenvalue weighted by Crippen LogP contribution is 2.19. The maximum Gasteiger partial charge on any atom is 0.228 e. The van der Waals surface area contributed by atoms with Gasteiger partial charge in [-0.3, -0.25) is 9.69 Å². The van der Waals surface area contributed by atoms with E-state index in [-0.39, 0.29) is 11.8 Å². The van der Waals surface area contributed by atoms with E-state index in [0.29, 0.717) is 5.71 Å². The third kappa shape index (κ3) is 4.05. The summed E-state index contributed by atoms with van der Waals surface area (Å²) in [6, 6.07) is 9.51. The minimum Gasteiger partial charge on any atom is -0.305 e. The Hall–Kier alpha value is -1.90. The van der Waals surface area contributed by atoms with Gasteiger partial charge in [0.1, 0.15) is 0 Å². The lowest BCUT2D eigenvalue weighted by Crippen LogP contribution is -2.27. The molecular weight excluding hydrogens is 236 g/mol. The zero-order valence-corrected chi connectivity index (χ0v) is 12.1. The Labute approximate surface area is 115 Å². The van der Waals surface area contributed by atoms with Crippen LogP contribution in [-0.4, -0.2) is 11.6 Å². The second-order valence-electron chi connectivity index (χ2n) is 4.74. The van der Waals surface area contributed by atoms with Crippen molar-refractivity contribution in [3.05, 3.63) is 42.1 Å². The van der Waals surface area contributed by atoms with Gasteiger partial charge >= 0.3 is 0 Å². The number of carbonyl (C=O) groups excluding carboxylic acids is 1. The van der Waals surface area contributed by atoms with Gasteiger partial charge in [0, 0.05) is 24.0 Å². The molecule has 1 N–H and O–H groups in total. The Bertz CT molecular complexity index is 477. The van der Waals surface area contributed by atoms with E-state index >= 15 is 0 Å². The summed E-state index contributed by atoms with van der Waals surface area (Å²) in [5.41, 5.74) is 2.17. The minimum atomic E-state index is -0.0445. The summed E-state index contributed by atoms with van der Waals surface area (Å²) in [6.07, 6.45) is 2.70. The zero-order chi connectivity index (χ0) is 14.4. The molecule has 102 valence electrons. The first kappa shape index (κ1) is 15.2. The maximum atomic E-state index is 11.8. The molecule has 1 aromatic carbocycles. The molecule has 0 fully saturated rings. The van der Waals surface area contributed by atoms with Gasteiger partial charge in [-0.15, -0.1) is 0 Å². The number of amides is 1. The number of hydrogen-bond donors (Lipinski definition) is 1. The smallest absolute Gasteiger partial charge is 0.228 e. The number of para-hydroxylation sites is 1. The molecule has 1 rings (SSSR count). The van der Waals surface area contributed by atoms with Crippen LogP contribution < -0.4 is 4.90 Å². The summed E-state index contributed by atoms with van der Waals surface area (Å²) in [6.45, 7) is 7.48. The molecular formula is C16H22N2O. The molecule has 0 aliphatic heterocycles. The highest BCUT2D eigenvalue weighted by molar-refractivity contribution is 5.99. The monoisotopic (exact) mass is 258 g/mol. The van der Waals surface area contributed by atoms with Gasteiger partial charge in [0.25, 0.3) is 0 Å². The molecule has 3 heteroatoms. The van der Waals surface area contributed by atoms with E-state index in [1.165, 1.54) is 6.92 Å². The lowest BCUT2D eigenvalue weighted by molar-refractivity contribution is -0.116. The van der Waals surface area contributed by atoms with Crippen molar-refractivity contribution in [1.29, 1.82) is 5.41 Å². The van der Waals surface area contributed by atoms with Gasteiger partial charge in [-0.1, -0.05) is 32.0 Å². The topological polar surface area (TPSA) is 44.2 Å². The summed E-state index contributed by atoms with van der Waals surface area (Å²) in [4.78, 5) is 13.5. The molecule has 1 amide bonds. The van der Waals surface area contributed by atoms with Crippen molar-refractivity contribution in [2.45, 2.75) is 34.1 Å². The van der Waals surface area contributed by atoms with Crippen LogP contribution in [0.25, 0.3) is 0 Å². The summed E-state index contributed by atoms with van der Waals surface area (Å²) in [5.74, 6) is 0.163. The van der Waals surface area contributed by atoms with Crippen molar-refractivity contribution in [3.8, 4) is 0 Å². The summed E-state index contributed by atoms with van der Waals surface area (Å²) < 4.78 is 0. The molecule has 0 saturated heterocycles. The Morgan fingerprint density at radius 1 is 1.32 bits per heavy atom. The Morgan fingerprint density at radius 2 is 1.89 bits per heavy atom. The summed E-state index contributed by atoms with van der Waals surface area (Å²) >= 11 is 0. The summed E-state index contributed by atoms with van der Waals surface area (Å²) in [5, 5.41) is 8.01. The van der Waals surface area contributed by atoms with Crippen molar-refractivity contribution >= 4 is 17.3 Å². The fraction of sp³-hybridized carbons (Fsp3) is 0.375. The highest BCUT2D eigenvalue weighted by atomic mass is 16.2. The quantitative estimate of drug-likeness (QED) is 0.797. The second kappa shape index (κ2) is 6.88. The van der Waals surface area contributed by atoms with Gasteiger partial charge in [-0.2, -0.15) is 0 Å². The fourth-order valence-electron chi connectivity index (χ4n) is 1.86. The Kier molecular flexibility index (Phi) is 5.49. The van der Waals surface area contributed by atoms with Crippen molar-refractivity contribution in [3.63, 3.8) is 0 Å². The predicted molar refractivity (Wildman–Crippen MR) is 80.5 cm³/mol. The predicted octanol–water partition coefficient (Wildman–Crippen LogP) is 4.01. The molecule has 0 saturated carbocycles. The lowest BCUT2D eigenvalue weighted by atomic mass is 10.0. The second-order valence-corrected chi connectivity index (χ2v) is 4.74. The van der Waals surface area contributed by atoms with E-state index in [0.717, 1.165) is 17.8 Å². The number of nitrogens with zero attached hydrogens (tertiary/aromatic N) is 1. The van der Waals surface area contributed by atoms with E-state index in [1.807, 2.05) is 44.2 Å². The van der Waals surface area contributed by atoms with Crippen LogP contribution >= 0.6 is 0 Å². The van der Waals surface area contributed by atoms with E-state index in [1.54, 1.807) is 11.0 Å². The average Bonchev–Trinajstić information content (AvgIpc) is 2.38. The fourth-order valence-corrected chi connectivity index (χ4v) is 1.86. The van der Waals surface area contributed by atoms with E-state index < -0.39 is 0 Å². The van der Waals surface area contributed by atoms with E-state index in [9.17, 15) is 4.79 Å². The van der Waals surface area contributed by atoms with Crippen LogP contribution in [-0.2, 0) is 4.79 Å². The largest absolute Gasteiger partial charge is 0.305 e. The highest BCUT2D eigenvalue weighted by Gasteiger charge is 2.14. The number of hydrogen-bond acceptors (Lipinski definition) is 2. The average molecular weight is 258 g/mol. The Morgan fingerprint density at radius 3 is 2.37 bits per heavy atom. The van der Waals surface area contributed by atoms with Gasteiger partial charge in [0.15, 0.2) is 0 Å².